The van der Waals surface area contributed by atoms with Crippen molar-refractivity contribution < 1.29 is 4.79 Å². The molecule has 3 heteroatoms. The number of hydrogen-bond acceptors (Lipinski definition) is 1. The van der Waals surface area contributed by atoms with Gasteiger partial charge in [0.2, 0.25) is 0 Å². The van der Waals surface area contributed by atoms with Crippen molar-refractivity contribution in [3.63, 3.8) is 0 Å². The molecule has 110 valence electrons. The molecule has 0 saturated heterocycles. The van der Waals surface area contributed by atoms with Gasteiger partial charge in [-0.15, -0.1) is 0 Å². The van der Waals surface area contributed by atoms with Crippen LogP contribution in [0.3, 0.4) is 0 Å². The van der Waals surface area contributed by atoms with Gasteiger partial charge in [0.15, 0.2) is 0 Å². The number of nitrogens with one attached hydrogen (secondary N) is 1. The third-order valence-corrected chi connectivity index (χ3v) is 3.54. The zero-order valence-corrected chi connectivity index (χ0v) is 12.9. The number of hydrogen-bond donors (Lipinski definition) is 1. The molecule has 2 amide bonds. The average molecular weight is 282 g/mol. The molecule has 1 N–H and O–H groups in total. The van der Waals surface area contributed by atoms with E-state index < -0.39 is 0 Å². The molecule has 2 rings (SSSR count). The molecule has 0 aliphatic rings. The lowest BCUT2D eigenvalue weighted by molar-refractivity contribution is 0.206. The third kappa shape index (κ3) is 4.35. The molecule has 0 heterocycles. The van der Waals surface area contributed by atoms with Crippen molar-refractivity contribution in [2.75, 3.05) is 7.05 Å². The van der Waals surface area contributed by atoms with Crippen LogP contribution in [0.2, 0.25) is 0 Å². The van der Waals surface area contributed by atoms with E-state index in [1.807, 2.05) is 31.3 Å². The van der Waals surface area contributed by atoms with Crippen molar-refractivity contribution in [1.29, 1.82) is 0 Å². The van der Waals surface area contributed by atoms with Crippen LogP contribution in [-0.2, 0) is 13.1 Å². The van der Waals surface area contributed by atoms with Crippen LogP contribution in [0.15, 0.2) is 48.5 Å². The molecule has 0 fully saturated rings. The van der Waals surface area contributed by atoms with Crippen LogP contribution in [0, 0.1) is 13.8 Å². The second-order valence-corrected chi connectivity index (χ2v) is 5.43. The zero-order valence-electron chi connectivity index (χ0n) is 12.9. The van der Waals surface area contributed by atoms with Crippen LogP contribution in [0.4, 0.5) is 4.79 Å². The molecule has 0 spiro atoms. The number of rotatable bonds is 4. The van der Waals surface area contributed by atoms with E-state index in [4.69, 9.17) is 0 Å². The second kappa shape index (κ2) is 6.93. The Kier molecular flexibility index (Phi) is 4.99. The van der Waals surface area contributed by atoms with E-state index in [-0.39, 0.29) is 6.03 Å². The van der Waals surface area contributed by atoms with Crippen LogP contribution in [0.1, 0.15) is 22.3 Å². The number of benzene rings is 2. The zero-order chi connectivity index (χ0) is 15.2. The first-order chi connectivity index (χ1) is 10.1. The standard InChI is InChI=1S/C18H22N2O/c1-14-7-6-9-16(11-14)12-19-18(21)20(3)13-17-10-5-4-8-15(17)2/h4-11H,12-13H2,1-3H3,(H,19,21). The van der Waals surface area contributed by atoms with Gasteiger partial charge in [0.1, 0.15) is 0 Å². The molecular weight excluding hydrogens is 260 g/mol. The van der Waals surface area contributed by atoms with Gasteiger partial charge >= 0.3 is 6.03 Å². The van der Waals surface area contributed by atoms with Gasteiger partial charge < -0.3 is 10.2 Å². The first-order valence-corrected chi connectivity index (χ1v) is 7.15. The highest BCUT2D eigenvalue weighted by Crippen LogP contribution is 2.09. The number of aryl methyl sites for hydroxylation is 2. The Labute approximate surface area is 126 Å². The first-order valence-electron chi connectivity index (χ1n) is 7.15. The maximum absolute atomic E-state index is 12.1. The van der Waals surface area contributed by atoms with Crippen molar-refractivity contribution in [3.05, 3.63) is 70.8 Å². The maximum atomic E-state index is 12.1. The second-order valence-electron chi connectivity index (χ2n) is 5.43. The lowest BCUT2D eigenvalue weighted by Gasteiger charge is -2.19. The van der Waals surface area contributed by atoms with Crippen LogP contribution >= 0.6 is 0 Å². The van der Waals surface area contributed by atoms with Gasteiger partial charge in [-0.25, -0.2) is 4.79 Å². The van der Waals surface area contributed by atoms with Crippen LogP contribution < -0.4 is 5.32 Å². The van der Waals surface area contributed by atoms with E-state index >= 15 is 0 Å². The van der Waals surface area contributed by atoms with Gasteiger partial charge in [-0.2, -0.15) is 0 Å². The summed E-state index contributed by atoms with van der Waals surface area (Å²) in [6.45, 7) is 5.29. The average Bonchev–Trinajstić information content (AvgIpc) is 2.47. The summed E-state index contributed by atoms with van der Waals surface area (Å²) >= 11 is 0. The van der Waals surface area contributed by atoms with Gasteiger partial charge in [0.05, 0.1) is 0 Å². The monoisotopic (exact) mass is 282 g/mol. The molecule has 2 aromatic carbocycles. The number of carbonyl (C=O) groups excluding carboxylic acids is 1. The molecule has 0 aliphatic carbocycles. The number of nitrogens with zero attached hydrogens (tertiary/aromatic N) is 1. The highest BCUT2D eigenvalue weighted by molar-refractivity contribution is 5.73. The molecule has 21 heavy (non-hydrogen) atoms. The molecule has 0 aliphatic heterocycles. The van der Waals surface area contributed by atoms with Gasteiger partial charge in [-0.3, -0.25) is 0 Å². The third-order valence-electron chi connectivity index (χ3n) is 3.54. The highest BCUT2D eigenvalue weighted by Gasteiger charge is 2.09. The van der Waals surface area contributed by atoms with Gasteiger partial charge in [-0.05, 0) is 30.5 Å². The van der Waals surface area contributed by atoms with Crippen molar-refractivity contribution in [1.82, 2.24) is 10.2 Å². The predicted molar refractivity (Wildman–Crippen MR) is 86.1 cm³/mol. The summed E-state index contributed by atoms with van der Waals surface area (Å²) in [6, 6.07) is 16.2. The molecule has 2 aromatic rings. The van der Waals surface area contributed by atoms with E-state index in [1.54, 1.807) is 4.90 Å². The SMILES string of the molecule is Cc1cccc(CNC(=O)N(C)Cc2ccccc2C)c1. The van der Waals surface area contributed by atoms with Crippen molar-refractivity contribution in [3.8, 4) is 0 Å². The molecule has 0 atom stereocenters. The van der Waals surface area contributed by atoms with Crippen LogP contribution in [0.25, 0.3) is 0 Å². The van der Waals surface area contributed by atoms with Crippen LogP contribution in [0.5, 0.6) is 0 Å². The molecule has 0 saturated carbocycles. The lowest BCUT2D eigenvalue weighted by atomic mass is 10.1. The topological polar surface area (TPSA) is 32.3 Å². The lowest BCUT2D eigenvalue weighted by Crippen LogP contribution is -2.36. The fourth-order valence-electron chi connectivity index (χ4n) is 2.25. The summed E-state index contributed by atoms with van der Waals surface area (Å²) < 4.78 is 0. The normalized spacial score (nSPS) is 10.2. The molecule has 0 bridgehead atoms. The molecular formula is C18H22N2O. The molecule has 0 radical (unpaired) electrons. The van der Waals surface area contributed by atoms with E-state index in [9.17, 15) is 4.79 Å². The Morgan fingerprint density at radius 1 is 1.10 bits per heavy atom. The summed E-state index contributed by atoms with van der Waals surface area (Å²) in [4.78, 5) is 13.8. The van der Waals surface area contributed by atoms with Gasteiger partial charge in [0, 0.05) is 20.1 Å². The summed E-state index contributed by atoms with van der Waals surface area (Å²) in [7, 11) is 1.82. The van der Waals surface area contributed by atoms with Crippen molar-refractivity contribution in [2.24, 2.45) is 0 Å². The molecule has 0 unspecified atom stereocenters. The number of carbonyl (C=O) groups is 1. The smallest absolute Gasteiger partial charge is 0.317 e. The Morgan fingerprint density at radius 2 is 1.86 bits per heavy atom. The summed E-state index contributed by atoms with van der Waals surface area (Å²) in [5.74, 6) is 0. The first kappa shape index (κ1) is 15.1. The Bertz CT molecular complexity index is 622. The fraction of sp³-hybridized carbons (Fsp3) is 0.278. The minimum Gasteiger partial charge on any atom is -0.334 e. The fourth-order valence-corrected chi connectivity index (χ4v) is 2.25. The summed E-state index contributed by atoms with van der Waals surface area (Å²) in [5.41, 5.74) is 4.70. The Hall–Kier alpha value is -2.29. The predicted octanol–water partition coefficient (Wildman–Crippen LogP) is 3.65. The van der Waals surface area contributed by atoms with E-state index in [2.05, 4.69) is 43.4 Å². The summed E-state index contributed by atoms with van der Waals surface area (Å²) in [5, 5.41) is 2.95. The van der Waals surface area contributed by atoms with Crippen molar-refractivity contribution in [2.45, 2.75) is 26.9 Å². The molecule has 3 nitrogen and oxygen atoms in total. The van der Waals surface area contributed by atoms with Crippen molar-refractivity contribution >= 4 is 6.03 Å². The Balaban J connectivity index is 1.90. The quantitative estimate of drug-likeness (QED) is 0.912. The van der Waals surface area contributed by atoms with Gasteiger partial charge in [0.25, 0.3) is 0 Å². The minimum absolute atomic E-state index is 0.0558. The number of urea groups is 1. The minimum atomic E-state index is -0.0558. The maximum Gasteiger partial charge on any atom is 0.317 e. The number of amides is 2. The van der Waals surface area contributed by atoms with E-state index in [1.165, 1.54) is 16.7 Å². The van der Waals surface area contributed by atoms with E-state index in [0.29, 0.717) is 13.1 Å². The van der Waals surface area contributed by atoms with Crippen LogP contribution in [-0.4, -0.2) is 18.0 Å². The Morgan fingerprint density at radius 3 is 2.57 bits per heavy atom. The van der Waals surface area contributed by atoms with Gasteiger partial charge in [-0.1, -0.05) is 54.1 Å². The largest absolute Gasteiger partial charge is 0.334 e. The molecule has 0 aromatic heterocycles. The summed E-state index contributed by atoms with van der Waals surface area (Å²) in [6.07, 6.45) is 0. The highest BCUT2D eigenvalue weighted by atomic mass is 16.2. The van der Waals surface area contributed by atoms with E-state index in [0.717, 1.165) is 5.56 Å².